The van der Waals surface area contributed by atoms with Gasteiger partial charge in [-0.25, -0.2) is 21.2 Å². The van der Waals surface area contributed by atoms with E-state index in [1.165, 1.54) is 66.7 Å². The molecule has 0 fully saturated rings. The number of carbonyl (C=O) groups is 1. The smallest absolute Gasteiger partial charge is 0.261 e. The molecule has 4 rings (SSSR count). The fourth-order valence-electron chi connectivity index (χ4n) is 3.61. The molecule has 0 saturated heterocycles. The second-order valence-corrected chi connectivity index (χ2v) is 13.0. The van der Waals surface area contributed by atoms with Crippen LogP contribution >= 0.6 is 15.9 Å². The Morgan fingerprint density at radius 1 is 0.821 bits per heavy atom. The zero-order valence-corrected chi connectivity index (χ0v) is 23.7. The highest BCUT2D eigenvalue weighted by Gasteiger charge is 2.20. The van der Waals surface area contributed by atoms with Gasteiger partial charge in [-0.05, 0) is 78.9 Å². The number of anilines is 3. The van der Waals surface area contributed by atoms with E-state index in [2.05, 4.69) is 26.0 Å². The summed E-state index contributed by atoms with van der Waals surface area (Å²) in [5.41, 5.74) is 1.49. The van der Waals surface area contributed by atoms with Crippen molar-refractivity contribution in [2.24, 2.45) is 0 Å². The van der Waals surface area contributed by atoms with Gasteiger partial charge in [0.25, 0.3) is 15.9 Å². The Bertz CT molecular complexity index is 1700. The maximum absolute atomic E-state index is 14.1. The maximum Gasteiger partial charge on any atom is 0.261 e. The molecule has 0 saturated carbocycles. The fourth-order valence-corrected chi connectivity index (χ4v) is 5.81. The second-order valence-electron chi connectivity index (χ2n) is 8.50. The summed E-state index contributed by atoms with van der Waals surface area (Å²) in [6.45, 7) is -0.205. The van der Waals surface area contributed by atoms with Crippen molar-refractivity contribution >= 4 is 58.9 Å². The lowest BCUT2D eigenvalue weighted by Gasteiger charge is -2.23. The van der Waals surface area contributed by atoms with Crippen LogP contribution in [0.15, 0.2) is 106 Å². The molecule has 0 radical (unpaired) electrons. The predicted molar refractivity (Wildman–Crippen MR) is 153 cm³/mol. The average Bonchev–Trinajstić information content (AvgIpc) is 2.89. The lowest BCUT2D eigenvalue weighted by atomic mass is 10.1. The third-order valence-electron chi connectivity index (χ3n) is 5.61. The van der Waals surface area contributed by atoms with E-state index < -0.39 is 31.8 Å². The van der Waals surface area contributed by atoms with E-state index >= 15 is 0 Å². The van der Waals surface area contributed by atoms with Crippen molar-refractivity contribution in [1.29, 1.82) is 0 Å². The summed E-state index contributed by atoms with van der Waals surface area (Å²) < 4.78 is 68.6. The topological polar surface area (TPSA) is 113 Å². The van der Waals surface area contributed by atoms with Crippen LogP contribution in [0.2, 0.25) is 0 Å². The van der Waals surface area contributed by atoms with Gasteiger partial charge < -0.3 is 5.32 Å². The van der Waals surface area contributed by atoms with Gasteiger partial charge in [0, 0.05) is 27.0 Å². The number of nitrogens with one attached hydrogen (secondary N) is 2. The van der Waals surface area contributed by atoms with Gasteiger partial charge in [-0.3, -0.25) is 13.8 Å². The van der Waals surface area contributed by atoms with Gasteiger partial charge in [-0.1, -0.05) is 34.1 Å². The zero-order chi connectivity index (χ0) is 28.2. The minimum atomic E-state index is -3.83. The number of nitrogens with zero attached hydrogens (tertiary/aromatic N) is 1. The van der Waals surface area contributed by atoms with Crippen molar-refractivity contribution in [2.75, 3.05) is 20.6 Å². The second kappa shape index (κ2) is 11.6. The lowest BCUT2D eigenvalue weighted by Crippen LogP contribution is -2.29. The standard InChI is InChI=1S/C27H23BrFN3O5S2/c1-38(34,35)32(18-20-4-2-3-5-26(20)29)24-14-6-19(7-15-24)27(33)30-22-12-16-25(17-13-22)39(36,37)31-23-10-8-21(28)9-11-23/h2-17,31H,18H2,1H3,(H,30,33). The molecule has 4 aromatic rings. The van der Waals surface area contributed by atoms with E-state index in [9.17, 15) is 26.0 Å². The molecule has 0 heterocycles. The molecule has 0 aliphatic carbocycles. The van der Waals surface area contributed by atoms with Gasteiger partial charge in [0.05, 0.1) is 23.4 Å². The molecule has 0 spiro atoms. The van der Waals surface area contributed by atoms with E-state index in [-0.39, 0.29) is 28.3 Å². The van der Waals surface area contributed by atoms with Crippen molar-refractivity contribution in [1.82, 2.24) is 0 Å². The molecule has 1 amide bonds. The van der Waals surface area contributed by atoms with Crippen LogP contribution in [-0.4, -0.2) is 29.0 Å². The maximum atomic E-state index is 14.1. The Morgan fingerprint density at radius 2 is 1.41 bits per heavy atom. The normalized spacial score (nSPS) is 11.6. The monoisotopic (exact) mass is 631 g/mol. The molecule has 0 unspecified atom stereocenters. The molecule has 202 valence electrons. The average molecular weight is 633 g/mol. The summed E-state index contributed by atoms with van der Waals surface area (Å²) in [4.78, 5) is 12.8. The number of sulfonamides is 2. The number of benzene rings is 4. The first kappa shape index (κ1) is 28.3. The van der Waals surface area contributed by atoms with Crippen LogP contribution in [0, 0.1) is 5.82 Å². The molecule has 8 nitrogen and oxygen atoms in total. The first-order valence-electron chi connectivity index (χ1n) is 11.4. The van der Waals surface area contributed by atoms with Crippen LogP contribution in [0.5, 0.6) is 0 Å². The molecule has 0 aliphatic heterocycles. The summed E-state index contributed by atoms with van der Waals surface area (Å²) in [7, 11) is -7.57. The SMILES string of the molecule is CS(=O)(=O)N(Cc1ccccc1F)c1ccc(C(=O)Nc2ccc(S(=O)(=O)Nc3ccc(Br)cc3)cc2)cc1. The summed E-state index contributed by atoms with van der Waals surface area (Å²) in [6, 6.07) is 24.0. The van der Waals surface area contributed by atoms with Crippen molar-refractivity contribution in [3.63, 3.8) is 0 Å². The summed E-state index contributed by atoms with van der Waals surface area (Å²) >= 11 is 3.30. The number of halogens is 2. The number of hydrogen-bond donors (Lipinski definition) is 2. The first-order chi connectivity index (χ1) is 18.4. The van der Waals surface area contributed by atoms with E-state index in [1.807, 2.05) is 0 Å². The highest BCUT2D eigenvalue weighted by molar-refractivity contribution is 9.10. The minimum Gasteiger partial charge on any atom is -0.322 e. The van der Waals surface area contributed by atoms with Crippen molar-refractivity contribution in [3.8, 4) is 0 Å². The Labute approximate surface area is 234 Å². The van der Waals surface area contributed by atoms with Gasteiger partial charge in [-0.2, -0.15) is 0 Å². The number of hydrogen-bond acceptors (Lipinski definition) is 5. The fraction of sp³-hybridized carbons (Fsp3) is 0.0741. The summed E-state index contributed by atoms with van der Waals surface area (Å²) in [5.74, 6) is -1.00. The van der Waals surface area contributed by atoms with Gasteiger partial charge in [-0.15, -0.1) is 0 Å². The highest BCUT2D eigenvalue weighted by Crippen LogP contribution is 2.24. The third kappa shape index (κ3) is 7.22. The summed E-state index contributed by atoms with van der Waals surface area (Å²) in [5, 5.41) is 2.68. The molecule has 4 aromatic carbocycles. The molecule has 0 aromatic heterocycles. The van der Waals surface area contributed by atoms with Crippen LogP contribution in [0.1, 0.15) is 15.9 Å². The Morgan fingerprint density at radius 3 is 2.00 bits per heavy atom. The molecule has 0 aliphatic rings. The van der Waals surface area contributed by atoms with E-state index in [0.29, 0.717) is 11.4 Å². The Balaban J connectivity index is 1.45. The van der Waals surface area contributed by atoms with Crippen LogP contribution in [0.4, 0.5) is 21.5 Å². The molecule has 0 bridgehead atoms. The Kier molecular flexibility index (Phi) is 8.38. The van der Waals surface area contributed by atoms with Crippen LogP contribution < -0.4 is 14.3 Å². The third-order valence-corrected chi connectivity index (χ3v) is 8.67. The summed E-state index contributed by atoms with van der Waals surface area (Å²) in [6.07, 6.45) is 1.02. The van der Waals surface area contributed by atoms with Crippen molar-refractivity contribution < 1.29 is 26.0 Å². The van der Waals surface area contributed by atoms with Crippen molar-refractivity contribution in [2.45, 2.75) is 11.4 Å². The van der Waals surface area contributed by atoms with Gasteiger partial charge in [0.2, 0.25) is 10.0 Å². The number of amides is 1. The van der Waals surface area contributed by atoms with E-state index in [0.717, 1.165) is 15.0 Å². The molecule has 12 heteroatoms. The molecular weight excluding hydrogens is 609 g/mol. The zero-order valence-electron chi connectivity index (χ0n) is 20.5. The van der Waals surface area contributed by atoms with Crippen molar-refractivity contribution in [3.05, 3.63) is 118 Å². The van der Waals surface area contributed by atoms with E-state index in [1.54, 1.807) is 30.3 Å². The first-order valence-corrected chi connectivity index (χ1v) is 15.6. The number of rotatable bonds is 9. The lowest BCUT2D eigenvalue weighted by molar-refractivity contribution is 0.102. The quantitative estimate of drug-likeness (QED) is 0.249. The molecule has 39 heavy (non-hydrogen) atoms. The van der Waals surface area contributed by atoms with Gasteiger partial charge in [0.1, 0.15) is 5.82 Å². The van der Waals surface area contributed by atoms with Crippen LogP contribution in [-0.2, 0) is 26.6 Å². The van der Waals surface area contributed by atoms with Gasteiger partial charge >= 0.3 is 0 Å². The Hall–Kier alpha value is -3.74. The minimum absolute atomic E-state index is 0.0171. The van der Waals surface area contributed by atoms with Gasteiger partial charge in [0.15, 0.2) is 0 Å². The van der Waals surface area contributed by atoms with E-state index in [4.69, 9.17) is 0 Å². The van der Waals surface area contributed by atoms with Crippen LogP contribution in [0.3, 0.4) is 0 Å². The van der Waals surface area contributed by atoms with Crippen LogP contribution in [0.25, 0.3) is 0 Å². The largest absolute Gasteiger partial charge is 0.322 e. The predicted octanol–water partition coefficient (Wildman–Crippen LogP) is 5.61. The number of carbonyl (C=O) groups excluding carboxylic acids is 1. The molecular formula is C27H23BrFN3O5S2. The molecule has 0 atom stereocenters. The highest BCUT2D eigenvalue weighted by atomic mass is 79.9. The molecule has 2 N–H and O–H groups in total.